The minimum Gasteiger partial charge on any atom is -0.367 e. The molecule has 0 aromatic carbocycles. The molecule has 1 saturated heterocycles. The fourth-order valence-corrected chi connectivity index (χ4v) is 2.54. The van der Waals surface area contributed by atoms with Crippen molar-refractivity contribution in [2.24, 2.45) is 0 Å². The molecule has 1 aliphatic rings. The summed E-state index contributed by atoms with van der Waals surface area (Å²) in [5.74, 6) is 1.20. The number of nitrogens with zero attached hydrogens (tertiary/aromatic N) is 2. The van der Waals surface area contributed by atoms with E-state index in [1.54, 1.807) is 11.3 Å². The number of morpholine rings is 1. The number of rotatable bonds is 2. The first-order valence-corrected chi connectivity index (χ1v) is 6.37. The fourth-order valence-electron chi connectivity index (χ4n) is 1.75. The SMILES string of the molecule is Cc1ccc(-c2nc(C3CNCCO3)no2)s1. The van der Waals surface area contributed by atoms with Crippen molar-refractivity contribution in [3.05, 3.63) is 22.8 Å². The number of hydrogen-bond acceptors (Lipinski definition) is 6. The van der Waals surface area contributed by atoms with E-state index in [4.69, 9.17) is 9.26 Å². The van der Waals surface area contributed by atoms with Crippen LogP contribution in [-0.2, 0) is 4.74 Å². The Labute approximate surface area is 103 Å². The van der Waals surface area contributed by atoms with Crippen LogP contribution in [0.2, 0.25) is 0 Å². The van der Waals surface area contributed by atoms with E-state index in [9.17, 15) is 0 Å². The standard InChI is InChI=1S/C11H13N3O2S/c1-7-2-3-9(17-7)11-13-10(14-16-11)8-6-12-4-5-15-8/h2-3,8,12H,4-6H2,1H3. The number of nitrogens with one attached hydrogen (secondary N) is 1. The van der Waals surface area contributed by atoms with Crippen molar-refractivity contribution in [2.45, 2.75) is 13.0 Å². The molecule has 5 nitrogen and oxygen atoms in total. The second-order valence-corrected chi connectivity index (χ2v) is 5.22. The zero-order valence-electron chi connectivity index (χ0n) is 9.47. The van der Waals surface area contributed by atoms with Gasteiger partial charge in [0.15, 0.2) is 0 Å². The second kappa shape index (κ2) is 4.56. The Hall–Kier alpha value is -1.24. The summed E-state index contributed by atoms with van der Waals surface area (Å²) < 4.78 is 10.8. The number of ether oxygens (including phenoxy) is 1. The van der Waals surface area contributed by atoms with Crippen LogP contribution >= 0.6 is 11.3 Å². The van der Waals surface area contributed by atoms with Gasteiger partial charge in [-0.25, -0.2) is 0 Å². The van der Waals surface area contributed by atoms with Crippen LogP contribution in [0, 0.1) is 6.92 Å². The Bertz CT molecular complexity index is 502. The highest BCUT2D eigenvalue weighted by Crippen LogP contribution is 2.27. The number of aryl methyl sites for hydroxylation is 1. The fraction of sp³-hybridized carbons (Fsp3) is 0.455. The highest BCUT2D eigenvalue weighted by Gasteiger charge is 2.22. The molecule has 1 unspecified atom stereocenters. The van der Waals surface area contributed by atoms with Crippen molar-refractivity contribution in [3.63, 3.8) is 0 Å². The molecule has 0 amide bonds. The van der Waals surface area contributed by atoms with E-state index in [2.05, 4.69) is 22.4 Å². The molecule has 2 aromatic rings. The zero-order chi connectivity index (χ0) is 11.7. The summed E-state index contributed by atoms with van der Waals surface area (Å²) in [6, 6.07) is 4.04. The first kappa shape index (κ1) is 10.9. The van der Waals surface area contributed by atoms with Gasteiger partial charge in [-0.3, -0.25) is 0 Å². The second-order valence-electron chi connectivity index (χ2n) is 3.93. The van der Waals surface area contributed by atoms with Crippen LogP contribution in [0.3, 0.4) is 0 Å². The molecule has 0 saturated carbocycles. The molecule has 0 spiro atoms. The van der Waals surface area contributed by atoms with E-state index in [-0.39, 0.29) is 6.10 Å². The van der Waals surface area contributed by atoms with Crippen LogP contribution in [0.4, 0.5) is 0 Å². The highest BCUT2D eigenvalue weighted by atomic mass is 32.1. The number of aromatic nitrogens is 2. The lowest BCUT2D eigenvalue weighted by molar-refractivity contribution is 0.0208. The maximum atomic E-state index is 5.57. The van der Waals surface area contributed by atoms with Gasteiger partial charge in [-0.15, -0.1) is 11.3 Å². The summed E-state index contributed by atoms with van der Waals surface area (Å²) >= 11 is 1.65. The molecule has 6 heteroatoms. The summed E-state index contributed by atoms with van der Waals surface area (Å²) in [6.45, 7) is 4.36. The summed E-state index contributed by atoms with van der Waals surface area (Å²) in [5, 5.41) is 7.22. The molecule has 0 bridgehead atoms. The topological polar surface area (TPSA) is 60.2 Å². The third-order valence-electron chi connectivity index (χ3n) is 2.61. The monoisotopic (exact) mass is 251 g/mol. The quantitative estimate of drug-likeness (QED) is 0.881. The first-order valence-electron chi connectivity index (χ1n) is 5.55. The highest BCUT2D eigenvalue weighted by molar-refractivity contribution is 7.15. The maximum Gasteiger partial charge on any atom is 0.268 e. The molecule has 1 N–H and O–H groups in total. The van der Waals surface area contributed by atoms with Gasteiger partial charge in [-0.2, -0.15) is 4.98 Å². The van der Waals surface area contributed by atoms with Crippen molar-refractivity contribution in [1.82, 2.24) is 15.5 Å². The van der Waals surface area contributed by atoms with E-state index in [1.807, 2.05) is 12.1 Å². The van der Waals surface area contributed by atoms with Crippen LogP contribution in [0.5, 0.6) is 0 Å². The van der Waals surface area contributed by atoms with Gasteiger partial charge in [0.25, 0.3) is 5.89 Å². The lowest BCUT2D eigenvalue weighted by Gasteiger charge is -2.20. The van der Waals surface area contributed by atoms with Crippen LogP contribution < -0.4 is 5.32 Å². The van der Waals surface area contributed by atoms with Crippen LogP contribution in [-0.4, -0.2) is 29.8 Å². The Morgan fingerprint density at radius 3 is 3.12 bits per heavy atom. The van der Waals surface area contributed by atoms with Gasteiger partial charge < -0.3 is 14.6 Å². The van der Waals surface area contributed by atoms with E-state index in [0.29, 0.717) is 18.3 Å². The third-order valence-corrected chi connectivity index (χ3v) is 3.60. The van der Waals surface area contributed by atoms with E-state index < -0.39 is 0 Å². The van der Waals surface area contributed by atoms with E-state index in [0.717, 1.165) is 18.0 Å². The minimum atomic E-state index is -0.0951. The van der Waals surface area contributed by atoms with Gasteiger partial charge in [-0.1, -0.05) is 5.16 Å². The van der Waals surface area contributed by atoms with E-state index in [1.165, 1.54) is 4.88 Å². The molecule has 1 atom stereocenters. The average molecular weight is 251 g/mol. The largest absolute Gasteiger partial charge is 0.367 e. The molecule has 17 heavy (non-hydrogen) atoms. The van der Waals surface area contributed by atoms with Gasteiger partial charge in [0.1, 0.15) is 6.10 Å². The summed E-state index contributed by atoms with van der Waals surface area (Å²) in [4.78, 5) is 6.62. The molecule has 1 aliphatic heterocycles. The Morgan fingerprint density at radius 1 is 1.47 bits per heavy atom. The Morgan fingerprint density at radius 2 is 2.41 bits per heavy atom. The van der Waals surface area contributed by atoms with Crippen molar-refractivity contribution >= 4 is 11.3 Å². The molecule has 3 heterocycles. The van der Waals surface area contributed by atoms with Crippen molar-refractivity contribution in [2.75, 3.05) is 19.7 Å². The summed E-state index contributed by atoms with van der Waals surface area (Å²) in [6.07, 6.45) is -0.0951. The normalized spacial score (nSPS) is 20.6. The van der Waals surface area contributed by atoms with Crippen LogP contribution in [0.1, 0.15) is 16.8 Å². The molecule has 2 aromatic heterocycles. The molecule has 3 rings (SSSR count). The predicted molar refractivity (Wildman–Crippen MR) is 63.9 cm³/mol. The molecule has 0 radical (unpaired) electrons. The van der Waals surface area contributed by atoms with Gasteiger partial charge in [0.05, 0.1) is 11.5 Å². The Kier molecular flexibility index (Phi) is 2.92. The smallest absolute Gasteiger partial charge is 0.268 e. The molecular weight excluding hydrogens is 238 g/mol. The number of hydrogen-bond donors (Lipinski definition) is 1. The maximum absolute atomic E-state index is 5.57. The van der Waals surface area contributed by atoms with Gasteiger partial charge >= 0.3 is 0 Å². The predicted octanol–water partition coefficient (Wildman–Crippen LogP) is 1.77. The Balaban J connectivity index is 1.82. The summed E-state index contributed by atoms with van der Waals surface area (Å²) in [5.41, 5.74) is 0. The van der Waals surface area contributed by atoms with Gasteiger partial charge in [0, 0.05) is 18.0 Å². The molecule has 0 aliphatic carbocycles. The summed E-state index contributed by atoms with van der Waals surface area (Å²) in [7, 11) is 0. The molecule has 1 fully saturated rings. The van der Waals surface area contributed by atoms with Crippen LogP contribution in [0.25, 0.3) is 10.8 Å². The third kappa shape index (κ3) is 2.24. The van der Waals surface area contributed by atoms with Gasteiger partial charge in [0.2, 0.25) is 5.82 Å². The zero-order valence-corrected chi connectivity index (χ0v) is 10.3. The van der Waals surface area contributed by atoms with Crippen molar-refractivity contribution in [1.29, 1.82) is 0 Å². The van der Waals surface area contributed by atoms with Crippen LogP contribution in [0.15, 0.2) is 16.7 Å². The van der Waals surface area contributed by atoms with Crippen molar-refractivity contribution in [3.8, 4) is 10.8 Å². The lowest BCUT2D eigenvalue weighted by Crippen LogP contribution is -2.33. The van der Waals surface area contributed by atoms with E-state index >= 15 is 0 Å². The van der Waals surface area contributed by atoms with Crippen molar-refractivity contribution < 1.29 is 9.26 Å². The number of thiophene rings is 1. The lowest BCUT2D eigenvalue weighted by atomic mass is 10.3. The minimum absolute atomic E-state index is 0.0951. The average Bonchev–Trinajstić information content (AvgIpc) is 2.98. The van der Waals surface area contributed by atoms with Gasteiger partial charge in [-0.05, 0) is 19.1 Å². The molecule has 90 valence electrons. The molecular formula is C11H13N3O2S. The first-order chi connectivity index (χ1) is 8.33.